The molecule has 3 aromatic heterocycles. The number of fused-ring (bicyclic) bond motifs is 1. The van der Waals surface area contributed by atoms with Gasteiger partial charge in [-0.15, -0.1) is 0 Å². The molecule has 0 radical (unpaired) electrons. The standard InChI is InChI=1S/C19H23N7O/c1-12(2)22-17-13-6-7-14(23-18(13)25-24-17)16-5-3-4-10-26(16)19(27)15-8-9-20-11-21-15/h6-9,11-12,16H,3-5,10H2,1-2H3,(H2,22,23,24,25)/t16-/m1/s1. The van der Waals surface area contributed by atoms with E-state index in [0.717, 1.165) is 41.8 Å². The summed E-state index contributed by atoms with van der Waals surface area (Å²) in [4.78, 5) is 27.6. The summed E-state index contributed by atoms with van der Waals surface area (Å²) in [7, 11) is 0. The lowest BCUT2D eigenvalue weighted by Crippen LogP contribution is -2.39. The number of carbonyl (C=O) groups is 1. The summed E-state index contributed by atoms with van der Waals surface area (Å²) < 4.78 is 0. The molecule has 4 heterocycles. The molecule has 1 amide bonds. The molecule has 0 unspecified atom stereocenters. The lowest BCUT2D eigenvalue weighted by molar-refractivity contribution is 0.0600. The molecule has 2 N–H and O–H groups in total. The van der Waals surface area contributed by atoms with Crippen molar-refractivity contribution in [3.8, 4) is 0 Å². The van der Waals surface area contributed by atoms with E-state index in [-0.39, 0.29) is 18.0 Å². The molecule has 0 spiro atoms. The highest BCUT2D eigenvalue weighted by molar-refractivity contribution is 5.92. The van der Waals surface area contributed by atoms with Gasteiger partial charge in [0.15, 0.2) is 11.5 Å². The molecule has 1 aliphatic rings. The van der Waals surface area contributed by atoms with Crippen LogP contribution in [-0.4, -0.2) is 48.5 Å². The topological polar surface area (TPSA) is 99.7 Å². The Kier molecular flexibility index (Phi) is 4.70. The molecule has 0 bridgehead atoms. The van der Waals surface area contributed by atoms with Gasteiger partial charge in [0.05, 0.1) is 17.1 Å². The molecule has 0 aromatic carbocycles. The number of hydrogen-bond donors (Lipinski definition) is 2. The van der Waals surface area contributed by atoms with Crippen molar-refractivity contribution in [3.63, 3.8) is 0 Å². The summed E-state index contributed by atoms with van der Waals surface area (Å²) in [6.07, 6.45) is 5.95. The van der Waals surface area contributed by atoms with Crippen molar-refractivity contribution in [1.29, 1.82) is 0 Å². The molecule has 0 aliphatic carbocycles. The minimum absolute atomic E-state index is 0.0598. The molecule has 140 valence electrons. The van der Waals surface area contributed by atoms with Crippen molar-refractivity contribution >= 4 is 22.8 Å². The third-order valence-corrected chi connectivity index (χ3v) is 4.78. The number of nitrogens with zero attached hydrogens (tertiary/aromatic N) is 5. The Balaban J connectivity index is 1.64. The second-order valence-electron chi connectivity index (χ2n) is 7.11. The van der Waals surface area contributed by atoms with Crippen molar-refractivity contribution in [2.24, 2.45) is 0 Å². The average Bonchev–Trinajstić information content (AvgIpc) is 3.09. The zero-order valence-corrected chi connectivity index (χ0v) is 15.5. The van der Waals surface area contributed by atoms with Gasteiger partial charge in [-0.1, -0.05) is 0 Å². The van der Waals surface area contributed by atoms with Crippen molar-refractivity contribution in [1.82, 2.24) is 30.0 Å². The molecule has 0 saturated carbocycles. The van der Waals surface area contributed by atoms with Crippen molar-refractivity contribution in [2.45, 2.75) is 45.2 Å². The van der Waals surface area contributed by atoms with Gasteiger partial charge in [0, 0.05) is 18.8 Å². The SMILES string of the molecule is CC(C)Nc1n[nH]c2nc([C@H]3CCCCN3C(=O)c3ccncn3)ccc12. The number of carbonyl (C=O) groups excluding carboxylic acids is 1. The molecule has 1 saturated heterocycles. The van der Waals surface area contributed by atoms with Gasteiger partial charge in [0.25, 0.3) is 5.91 Å². The Labute approximate surface area is 157 Å². The highest BCUT2D eigenvalue weighted by Crippen LogP contribution is 2.32. The number of hydrogen-bond acceptors (Lipinski definition) is 6. The van der Waals surface area contributed by atoms with Gasteiger partial charge in [0.1, 0.15) is 12.0 Å². The first kappa shape index (κ1) is 17.4. The zero-order chi connectivity index (χ0) is 18.8. The molecule has 1 aliphatic heterocycles. The number of H-pyrrole nitrogens is 1. The van der Waals surface area contributed by atoms with Gasteiger partial charge in [-0.25, -0.2) is 15.0 Å². The van der Waals surface area contributed by atoms with E-state index in [1.165, 1.54) is 6.33 Å². The summed E-state index contributed by atoms with van der Waals surface area (Å²) in [6.45, 7) is 4.85. The van der Waals surface area contributed by atoms with E-state index in [1.54, 1.807) is 12.3 Å². The van der Waals surface area contributed by atoms with E-state index in [1.807, 2.05) is 17.0 Å². The second kappa shape index (κ2) is 7.30. The number of nitrogens with one attached hydrogen (secondary N) is 2. The van der Waals surface area contributed by atoms with Crippen molar-refractivity contribution < 1.29 is 4.79 Å². The van der Waals surface area contributed by atoms with Crippen molar-refractivity contribution in [3.05, 3.63) is 42.1 Å². The van der Waals surface area contributed by atoms with Crippen LogP contribution in [0.2, 0.25) is 0 Å². The predicted molar refractivity (Wildman–Crippen MR) is 102 cm³/mol. The maximum Gasteiger partial charge on any atom is 0.273 e. The number of pyridine rings is 1. The van der Waals surface area contributed by atoms with Crippen molar-refractivity contribution in [2.75, 3.05) is 11.9 Å². The maximum absolute atomic E-state index is 13.0. The van der Waals surface area contributed by atoms with Crippen LogP contribution in [0.4, 0.5) is 5.82 Å². The van der Waals surface area contributed by atoms with E-state index < -0.39 is 0 Å². The first-order chi connectivity index (χ1) is 13.1. The number of anilines is 1. The van der Waals surface area contributed by atoms with Crippen LogP contribution in [0.1, 0.15) is 55.3 Å². The van der Waals surface area contributed by atoms with Gasteiger partial charge in [-0.3, -0.25) is 9.89 Å². The fourth-order valence-electron chi connectivity index (χ4n) is 3.54. The molecule has 1 atom stereocenters. The quantitative estimate of drug-likeness (QED) is 0.737. The highest BCUT2D eigenvalue weighted by Gasteiger charge is 2.30. The Morgan fingerprint density at radius 2 is 2.19 bits per heavy atom. The Hall–Kier alpha value is -3.03. The number of aromatic nitrogens is 5. The molecular weight excluding hydrogens is 342 g/mol. The van der Waals surface area contributed by atoms with Crippen LogP contribution >= 0.6 is 0 Å². The van der Waals surface area contributed by atoms with Gasteiger partial charge in [-0.05, 0) is 51.3 Å². The van der Waals surface area contributed by atoms with Crippen LogP contribution in [-0.2, 0) is 0 Å². The zero-order valence-electron chi connectivity index (χ0n) is 15.5. The van der Waals surface area contributed by atoms with Gasteiger partial charge in [-0.2, -0.15) is 5.10 Å². The van der Waals surface area contributed by atoms with E-state index in [4.69, 9.17) is 4.98 Å². The van der Waals surface area contributed by atoms with Crippen LogP contribution in [0.25, 0.3) is 11.0 Å². The fourth-order valence-corrected chi connectivity index (χ4v) is 3.54. The summed E-state index contributed by atoms with van der Waals surface area (Å²) in [5.74, 6) is 0.729. The van der Waals surface area contributed by atoms with Gasteiger partial charge < -0.3 is 10.2 Å². The molecule has 1 fully saturated rings. The first-order valence-electron chi connectivity index (χ1n) is 9.32. The third-order valence-electron chi connectivity index (χ3n) is 4.78. The lowest BCUT2D eigenvalue weighted by atomic mass is 9.98. The number of likely N-dealkylation sites (tertiary alicyclic amines) is 1. The Bertz CT molecular complexity index is 938. The minimum atomic E-state index is -0.0734. The minimum Gasteiger partial charge on any atom is -0.366 e. The van der Waals surface area contributed by atoms with E-state index >= 15 is 0 Å². The fraction of sp³-hybridized carbons (Fsp3) is 0.421. The van der Waals surface area contributed by atoms with Gasteiger partial charge >= 0.3 is 0 Å². The predicted octanol–water partition coefficient (Wildman–Crippen LogP) is 2.94. The largest absolute Gasteiger partial charge is 0.366 e. The number of rotatable bonds is 4. The summed E-state index contributed by atoms with van der Waals surface area (Å²) in [5, 5.41) is 11.6. The number of amides is 1. The number of aromatic amines is 1. The normalized spacial score (nSPS) is 17.4. The molecule has 27 heavy (non-hydrogen) atoms. The molecule has 4 rings (SSSR count). The van der Waals surface area contributed by atoms with E-state index in [9.17, 15) is 4.79 Å². The average molecular weight is 365 g/mol. The van der Waals surface area contributed by atoms with Crippen LogP contribution < -0.4 is 5.32 Å². The summed E-state index contributed by atoms with van der Waals surface area (Å²) in [5.41, 5.74) is 2.03. The van der Waals surface area contributed by atoms with E-state index in [0.29, 0.717) is 12.2 Å². The summed E-state index contributed by atoms with van der Waals surface area (Å²) >= 11 is 0. The summed E-state index contributed by atoms with van der Waals surface area (Å²) in [6, 6.07) is 5.91. The molecule has 8 nitrogen and oxygen atoms in total. The second-order valence-corrected chi connectivity index (χ2v) is 7.11. The Morgan fingerprint density at radius 1 is 1.30 bits per heavy atom. The molecule has 8 heteroatoms. The number of piperidine rings is 1. The van der Waals surface area contributed by atoms with E-state index in [2.05, 4.69) is 39.3 Å². The third kappa shape index (κ3) is 3.47. The highest BCUT2D eigenvalue weighted by atomic mass is 16.2. The van der Waals surface area contributed by atoms with Crippen LogP contribution in [0.5, 0.6) is 0 Å². The molecule has 3 aromatic rings. The smallest absolute Gasteiger partial charge is 0.273 e. The van der Waals surface area contributed by atoms with Crippen LogP contribution in [0.15, 0.2) is 30.7 Å². The van der Waals surface area contributed by atoms with Gasteiger partial charge in [0.2, 0.25) is 0 Å². The van der Waals surface area contributed by atoms with Crippen LogP contribution in [0.3, 0.4) is 0 Å². The van der Waals surface area contributed by atoms with Crippen LogP contribution in [0, 0.1) is 0 Å². The monoisotopic (exact) mass is 365 g/mol. The first-order valence-corrected chi connectivity index (χ1v) is 9.32. The lowest BCUT2D eigenvalue weighted by Gasteiger charge is -2.35. The maximum atomic E-state index is 13.0. The molecular formula is C19H23N7O. The Morgan fingerprint density at radius 3 is 2.96 bits per heavy atom.